The first-order chi connectivity index (χ1) is 11.2. The predicted octanol–water partition coefficient (Wildman–Crippen LogP) is 2.48. The normalized spacial score (nSPS) is 26.1. The second-order valence-electron chi connectivity index (χ2n) is 6.91. The van der Waals surface area contributed by atoms with E-state index in [-0.39, 0.29) is 0 Å². The molecule has 2 atom stereocenters. The molecule has 0 aromatic carbocycles. The van der Waals surface area contributed by atoms with E-state index < -0.39 is 0 Å². The summed E-state index contributed by atoms with van der Waals surface area (Å²) in [6, 6.07) is 0.585. The van der Waals surface area contributed by atoms with Gasteiger partial charge in [0.15, 0.2) is 5.82 Å². The predicted molar refractivity (Wildman–Crippen MR) is 87.6 cm³/mol. The van der Waals surface area contributed by atoms with Crippen LogP contribution < -0.4 is 5.73 Å². The highest BCUT2D eigenvalue weighted by molar-refractivity contribution is 5.11. The first-order valence-corrected chi connectivity index (χ1v) is 9.10. The number of hydrogen-bond acceptors (Lipinski definition) is 6. The molecular formula is C17H30N4O2. The van der Waals surface area contributed by atoms with Gasteiger partial charge in [0.2, 0.25) is 5.89 Å². The largest absolute Gasteiger partial charge is 0.378 e. The molecule has 0 bridgehead atoms. The summed E-state index contributed by atoms with van der Waals surface area (Å²) >= 11 is 0. The molecule has 1 heterocycles. The van der Waals surface area contributed by atoms with Crippen LogP contribution in [0.1, 0.15) is 64.1 Å². The van der Waals surface area contributed by atoms with Crippen molar-refractivity contribution in [3.05, 3.63) is 11.7 Å². The van der Waals surface area contributed by atoms with Crippen molar-refractivity contribution >= 4 is 0 Å². The molecule has 2 aliphatic rings. The molecule has 0 saturated heterocycles. The Hall–Kier alpha value is -0.980. The van der Waals surface area contributed by atoms with Crippen molar-refractivity contribution in [1.29, 1.82) is 0 Å². The Morgan fingerprint density at radius 3 is 2.74 bits per heavy atom. The van der Waals surface area contributed by atoms with E-state index in [1.165, 1.54) is 25.7 Å². The van der Waals surface area contributed by atoms with Gasteiger partial charge in [-0.25, -0.2) is 0 Å². The third-order valence-corrected chi connectivity index (χ3v) is 5.63. The summed E-state index contributed by atoms with van der Waals surface area (Å²) in [5.41, 5.74) is 5.92. The van der Waals surface area contributed by atoms with Crippen LogP contribution >= 0.6 is 0 Å². The summed E-state index contributed by atoms with van der Waals surface area (Å²) in [6.45, 7) is 7.28. The van der Waals surface area contributed by atoms with Crippen molar-refractivity contribution in [2.45, 2.75) is 77.6 Å². The first-order valence-electron chi connectivity index (χ1n) is 9.10. The number of rotatable bonds is 8. The Morgan fingerprint density at radius 1 is 1.35 bits per heavy atom. The lowest BCUT2D eigenvalue weighted by Crippen LogP contribution is -2.63. The molecule has 130 valence electrons. The Labute approximate surface area is 138 Å². The average molecular weight is 322 g/mol. The lowest BCUT2D eigenvalue weighted by molar-refractivity contribution is -0.167. The molecule has 23 heavy (non-hydrogen) atoms. The summed E-state index contributed by atoms with van der Waals surface area (Å²) in [6.07, 6.45) is 7.96. The van der Waals surface area contributed by atoms with Gasteiger partial charge in [-0.05, 0) is 39.2 Å². The van der Waals surface area contributed by atoms with Crippen LogP contribution in [0.25, 0.3) is 0 Å². The van der Waals surface area contributed by atoms with Gasteiger partial charge in [-0.3, -0.25) is 4.90 Å². The molecule has 1 aromatic heterocycles. The van der Waals surface area contributed by atoms with E-state index in [4.69, 9.17) is 15.0 Å². The van der Waals surface area contributed by atoms with Crippen LogP contribution in [-0.2, 0) is 17.8 Å². The van der Waals surface area contributed by atoms with Crippen molar-refractivity contribution in [1.82, 2.24) is 15.0 Å². The highest BCUT2D eigenvalue weighted by Gasteiger charge is 2.58. The second kappa shape index (κ2) is 7.28. The third-order valence-electron chi connectivity index (χ3n) is 5.63. The van der Waals surface area contributed by atoms with E-state index in [0.29, 0.717) is 30.0 Å². The maximum absolute atomic E-state index is 6.05. The van der Waals surface area contributed by atoms with Crippen molar-refractivity contribution in [3.8, 4) is 0 Å². The lowest BCUT2D eigenvalue weighted by Gasteiger charge is -2.57. The van der Waals surface area contributed by atoms with Crippen LogP contribution in [0.15, 0.2) is 4.52 Å². The number of nitrogens with two attached hydrogens (primary N) is 1. The van der Waals surface area contributed by atoms with Gasteiger partial charge in [0.1, 0.15) is 0 Å². The molecule has 2 saturated carbocycles. The van der Waals surface area contributed by atoms with Crippen molar-refractivity contribution in [3.63, 3.8) is 0 Å². The molecule has 2 fully saturated rings. The van der Waals surface area contributed by atoms with Crippen molar-refractivity contribution in [2.24, 2.45) is 11.1 Å². The zero-order valence-electron chi connectivity index (χ0n) is 14.5. The molecule has 6 heteroatoms. The van der Waals surface area contributed by atoms with Crippen LogP contribution in [0.2, 0.25) is 0 Å². The summed E-state index contributed by atoms with van der Waals surface area (Å²) in [7, 11) is 0. The minimum absolute atomic E-state index is 0.306. The molecule has 1 spiro atoms. The van der Waals surface area contributed by atoms with E-state index in [9.17, 15) is 0 Å². The fraction of sp³-hybridized carbons (Fsp3) is 0.882. The Bertz CT molecular complexity index is 499. The molecule has 3 rings (SSSR count). The molecule has 6 nitrogen and oxygen atoms in total. The highest BCUT2D eigenvalue weighted by Crippen LogP contribution is 2.56. The average Bonchev–Trinajstić information content (AvgIpc) is 3.21. The highest BCUT2D eigenvalue weighted by atomic mass is 16.5. The Morgan fingerprint density at radius 2 is 2.13 bits per heavy atom. The van der Waals surface area contributed by atoms with Crippen LogP contribution in [0.4, 0.5) is 0 Å². The van der Waals surface area contributed by atoms with Gasteiger partial charge >= 0.3 is 0 Å². The minimum Gasteiger partial charge on any atom is -0.378 e. The van der Waals surface area contributed by atoms with Crippen LogP contribution in [0.5, 0.6) is 0 Å². The van der Waals surface area contributed by atoms with Gasteiger partial charge in [-0.15, -0.1) is 0 Å². The van der Waals surface area contributed by atoms with Gasteiger partial charge < -0.3 is 15.0 Å². The molecule has 2 N–H and O–H groups in total. The molecule has 0 amide bonds. The van der Waals surface area contributed by atoms with E-state index in [2.05, 4.69) is 28.9 Å². The van der Waals surface area contributed by atoms with Gasteiger partial charge in [-0.2, -0.15) is 4.98 Å². The maximum Gasteiger partial charge on any atom is 0.240 e. The zero-order chi connectivity index (χ0) is 16.3. The lowest BCUT2D eigenvalue weighted by atomic mass is 9.60. The van der Waals surface area contributed by atoms with Crippen molar-refractivity contribution < 1.29 is 9.26 Å². The molecule has 0 aliphatic heterocycles. The smallest absolute Gasteiger partial charge is 0.240 e. The maximum atomic E-state index is 6.05. The van der Waals surface area contributed by atoms with E-state index >= 15 is 0 Å². The molecule has 2 aliphatic carbocycles. The van der Waals surface area contributed by atoms with Crippen molar-refractivity contribution in [2.75, 3.05) is 13.2 Å². The molecule has 0 radical (unpaired) electrons. The van der Waals surface area contributed by atoms with Gasteiger partial charge in [0.05, 0.1) is 19.2 Å². The summed E-state index contributed by atoms with van der Waals surface area (Å²) in [4.78, 5) is 6.93. The summed E-state index contributed by atoms with van der Waals surface area (Å²) < 4.78 is 11.2. The molecule has 2 unspecified atom stereocenters. The number of nitrogens with zero attached hydrogens (tertiary/aromatic N) is 3. The Balaban J connectivity index is 1.72. The first kappa shape index (κ1) is 16.9. The fourth-order valence-corrected chi connectivity index (χ4v) is 4.61. The van der Waals surface area contributed by atoms with Crippen LogP contribution in [0.3, 0.4) is 0 Å². The van der Waals surface area contributed by atoms with Gasteiger partial charge in [0.25, 0.3) is 0 Å². The number of hydrogen-bond donors (Lipinski definition) is 1. The van der Waals surface area contributed by atoms with E-state index in [0.717, 1.165) is 38.4 Å². The zero-order valence-corrected chi connectivity index (χ0v) is 14.5. The van der Waals surface area contributed by atoms with E-state index in [1.807, 2.05) is 0 Å². The Kier molecular flexibility index (Phi) is 5.34. The second-order valence-corrected chi connectivity index (χ2v) is 6.91. The summed E-state index contributed by atoms with van der Waals surface area (Å²) in [5, 5.41) is 4.08. The number of aromatic nitrogens is 2. The number of ether oxygens (including phenoxy) is 1. The minimum atomic E-state index is 0.306. The molecular weight excluding hydrogens is 292 g/mol. The topological polar surface area (TPSA) is 77.4 Å². The van der Waals surface area contributed by atoms with Crippen LogP contribution in [-0.4, -0.2) is 40.3 Å². The third kappa shape index (κ3) is 3.16. The standard InChI is InChI=1S/C17H30N4O2/c1-3-9-21(12-15-19-16(11-18)23-20-15)13-10-14(22-4-2)17(13)7-5-6-8-17/h13-14H,3-12,18H2,1-2H3. The monoisotopic (exact) mass is 322 g/mol. The molecule has 1 aromatic rings. The van der Waals surface area contributed by atoms with Crippen LogP contribution in [0, 0.1) is 5.41 Å². The van der Waals surface area contributed by atoms with E-state index in [1.54, 1.807) is 0 Å². The van der Waals surface area contributed by atoms with Gasteiger partial charge in [0, 0.05) is 18.1 Å². The van der Waals surface area contributed by atoms with Gasteiger partial charge in [-0.1, -0.05) is 24.9 Å². The quantitative estimate of drug-likeness (QED) is 0.792. The summed E-state index contributed by atoms with van der Waals surface area (Å²) in [5.74, 6) is 1.28. The SMILES string of the molecule is CCCN(Cc1noc(CN)n1)C1CC(OCC)C12CCCC2. The fourth-order valence-electron chi connectivity index (χ4n) is 4.61.